The van der Waals surface area contributed by atoms with E-state index in [2.05, 4.69) is 15.5 Å². The van der Waals surface area contributed by atoms with Crippen LogP contribution in [0, 0.1) is 0 Å². The minimum atomic E-state index is -0.472. The van der Waals surface area contributed by atoms with Gasteiger partial charge in [-0.15, -0.1) is 0 Å². The standard InChI is InChI=1S/C10H21N3O2/c1-9(14)7-12-10(15)8-13-5-2-3-11-4-6-13/h9,11,14H,2-8H2,1H3,(H,12,15). The number of aliphatic hydroxyl groups is 1. The third kappa shape index (κ3) is 5.71. The molecule has 0 aromatic rings. The van der Waals surface area contributed by atoms with Gasteiger partial charge in [0.1, 0.15) is 0 Å². The number of carbonyl (C=O) groups is 1. The van der Waals surface area contributed by atoms with Crippen LogP contribution >= 0.6 is 0 Å². The summed E-state index contributed by atoms with van der Waals surface area (Å²) < 4.78 is 0. The molecule has 1 aliphatic heterocycles. The maximum Gasteiger partial charge on any atom is 0.234 e. The van der Waals surface area contributed by atoms with Gasteiger partial charge in [0.25, 0.3) is 0 Å². The molecule has 0 aliphatic carbocycles. The van der Waals surface area contributed by atoms with Crippen molar-refractivity contribution in [1.82, 2.24) is 15.5 Å². The van der Waals surface area contributed by atoms with Gasteiger partial charge in [-0.25, -0.2) is 0 Å². The third-order valence-corrected chi connectivity index (χ3v) is 2.39. The molecule has 0 spiro atoms. The molecule has 0 saturated carbocycles. The first-order chi connectivity index (χ1) is 7.18. The Kier molecular flexibility index (Phi) is 5.60. The smallest absolute Gasteiger partial charge is 0.234 e. The van der Waals surface area contributed by atoms with E-state index in [0.29, 0.717) is 13.1 Å². The Morgan fingerprint density at radius 1 is 1.53 bits per heavy atom. The average Bonchev–Trinajstić information content (AvgIpc) is 2.43. The van der Waals surface area contributed by atoms with Gasteiger partial charge < -0.3 is 15.7 Å². The molecule has 1 amide bonds. The zero-order chi connectivity index (χ0) is 11.1. The molecular formula is C10H21N3O2. The Balaban J connectivity index is 2.17. The molecule has 0 aromatic heterocycles. The first kappa shape index (κ1) is 12.4. The Morgan fingerprint density at radius 2 is 2.33 bits per heavy atom. The second-order valence-electron chi connectivity index (χ2n) is 4.03. The maximum atomic E-state index is 11.4. The van der Waals surface area contributed by atoms with Crippen LogP contribution in [0.15, 0.2) is 0 Å². The number of nitrogens with zero attached hydrogens (tertiary/aromatic N) is 1. The predicted octanol–water partition coefficient (Wildman–Crippen LogP) is -1.22. The van der Waals surface area contributed by atoms with E-state index in [1.165, 1.54) is 0 Å². The van der Waals surface area contributed by atoms with E-state index in [-0.39, 0.29) is 5.91 Å². The minimum absolute atomic E-state index is 0.00204. The lowest BCUT2D eigenvalue weighted by Gasteiger charge is -2.18. The van der Waals surface area contributed by atoms with Crippen molar-refractivity contribution in [2.24, 2.45) is 0 Å². The van der Waals surface area contributed by atoms with Gasteiger partial charge in [-0.3, -0.25) is 9.69 Å². The second-order valence-corrected chi connectivity index (χ2v) is 4.03. The summed E-state index contributed by atoms with van der Waals surface area (Å²) in [6, 6.07) is 0. The summed E-state index contributed by atoms with van der Waals surface area (Å²) in [6.07, 6.45) is 0.615. The van der Waals surface area contributed by atoms with Crippen molar-refractivity contribution >= 4 is 5.91 Å². The van der Waals surface area contributed by atoms with Crippen LogP contribution in [0.1, 0.15) is 13.3 Å². The van der Waals surface area contributed by atoms with Crippen LogP contribution in [0.3, 0.4) is 0 Å². The lowest BCUT2D eigenvalue weighted by Crippen LogP contribution is -2.40. The van der Waals surface area contributed by atoms with E-state index >= 15 is 0 Å². The van der Waals surface area contributed by atoms with E-state index in [9.17, 15) is 4.79 Å². The van der Waals surface area contributed by atoms with Gasteiger partial charge in [-0.05, 0) is 26.4 Å². The highest BCUT2D eigenvalue weighted by Gasteiger charge is 2.12. The van der Waals surface area contributed by atoms with Crippen molar-refractivity contribution in [3.8, 4) is 0 Å². The number of amides is 1. The number of hydrogen-bond acceptors (Lipinski definition) is 4. The molecule has 1 atom stereocenters. The zero-order valence-corrected chi connectivity index (χ0v) is 9.33. The van der Waals surface area contributed by atoms with Gasteiger partial charge in [0, 0.05) is 19.6 Å². The van der Waals surface area contributed by atoms with Gasteiger partial charge in [-0.1, -0.05) is 0 Å². The number of nitrogens with one attached hydrogen (secondary N) is 2. The van der Waals surface area contributed by atoms with Gasteiger partial charge in [0.15, 0.2) is 0 Å². The SMILES string of the molecule is CC(O)CNC(=O)CN1CCCNCC1. The summed E-state index contributed by atoms with van der Waals surface area (Å²) in [4.78, 5) is 13.6. The molecule has 5 nitrogen and oxygen atoms in total. The fourth-order valence-electron chi connectivity index (χ4n) is 1.58. The normalized spacial score (nSPS) is 20.7. The minimum Gasteiger partial charge on any atom is -0.392 e. The van der Waals surface area contributed by atoms with Gasteiger partial charge >= 0.3 is 0 Å². The number of aliphatic hydroxyl groups excluding tert-OH is 1. The highest BCUT2D eigenvalue weighted by atomic mass is 16.3. The van der Waals surface area contributed by atoms with Crippen LogP contribution < -0.4 is 10.6 Å². The van der Waals surface area contributed by atoms with Crippen LogP contribution in [0.2, 0.25) is 0 Å². The average molecular weight is 215 g/mol. The lowest BCUT2D eigenvalue weighted by molar-refractivity contribution is -0.122. The van der Waals surface area contributed by atoms with Gasteiger partial charge in [0.05, 0.1) is 12.6 Å². The summed E-state index contributed by atoms with van der Waals surface area (Å²) in [5.74, 6) is -0.00204. The predicted molar refractivity (Wildman–Crippen MR) is 58.6 cm³/mol. The Hall–Kier alpha value is -0.650. The highest BCUT2D eigenvalue weighted by molar-refractivity contribution is 5.78. The van der Waals surface area contributed by atoms with E-state index in [1.54, 1.807) is 6.92 Å². The van der Waals surface area contributed by atoms with Crippen LogP contribution in [0.25, 0.3) is 0 Å². The lowest BCUT2D eigenvalue weighted by atomic mass is 10.3. The topological polar surface area (TPSA) is 64.6 Å². The molecule has 88 valence electrons. The number of rotatable bonds is 4. The van der Waals surface area contributed by atoms with Crippen LogP contribution in [0.4, 0.5) is 0 Å². The summed E-state index contributed by atoms with van der Waals surface area (Å²) in [6.45, 7) is 6.31. The molecule has 15 heavy (non-hydrogen) atoms. The molecular weight excluding hydrogens is 194 g/mol. The summed E-state index contributed by atoms with van der Waals surface area (Å²) in [5.41, 5.74) is 0. The molecule has 1 heterocycles. The first-order valence-corrected chi connectivity index (χ1v) is 5.56. The molecule has 0 radical (unpaired) electrons. The van der Waals surface area contributed by atoms with Crippen molar-refractivity contribution in [3.63, 3.8) is 0 Å². The molecule has 1 unspecified atom stereocenters. The van der Waals surface area contributed by atoms with Gasteiger partial charge in [-0.2, -0.15) is 0 Å². The second kappa shape index (κ2) is 6.76. The Morgan fingerprint density at radius 3 is 3.07 bits per heavy atom. The fraction of sp³-hybridized carbons (Fsp3) is 0.900. The van der Waals surface area contributed by atoms with Crippen LogP contribution in [0.5, 0.6) is 0 Å². The molecule has 1 fully saturated rings. The monoisotopic (exact) mass is 215 g/mol. The summed E-state index contributed by atoms with van der Waals surface area (Å²) >= 11 is 0. The van der Waals surface area contributed by atoms with Crippen molar-refractivity contribution in [1.29, 1.82) is 0 Å². The molecule has 0 aromatic carbocycles. The maximum absolute atomic E-state index is 11.4. The molecule has 1 rings (SSSR count). The van der Waals surface area contributed by atoms with Crippen molar-refractivity contribution in [3.05, 3.63) is 0 Å². The fourth-order valence-corrected chi connectivity index (χ4v) is 1.58. The summed E-state index contributed by atoms with van der Waals surface area (Å²) in [7, 11) is 0. The zero-order valence-electron chi connectivity index (χ0n) is 9.33. The molecule has 1 saturated heterocycles. The summed E-state index contributed by atoms with van der Waals surface area (Å²) in [5, 5.41) is 15.0. The quantitative estimate of drug-likeness (QED) is 0.550. The number of carbonyl (C=O) groups excluding carboxylic acids is 1. The largest absolute Gasteiger partial charge is 0.392 e. The van der Waals surface area contributed by atoms with E-state index in [1.807, 2.05) is 0 Å². The van der Waals surface area contributed by atoms with E-state index in [0.717, 1.165) is 32.6 Å². The Labute approximate surface area is 90.8 Å². The number of hydrogen-bond donors (Lipinski definition) is 3. The molecule has 0 bridgehead atoms. The third-order valence-electron chi connectivity index (χ3n) is 2.39. The highest BCUT2D eigenvalue weighted by Crippen LogP contribution is 1.94. The molecule has 1 aliphatic rings. The Bertz CT molecular complexity index is 189. The van der Waals surface area contributed by atoms with E-state index < -0.39 is 6.10 Å². The van der Waals surface area contributed by atoms with Crippen LogP contribution in [-0.4, -0.2) is 61.3 Å². The molecule has 3 N–H and O–H groups in total. The van der Waals surface area contributed by atoms with Crippen molar-refractivity contribution in [2.45, 2.75) is 19.4 Å². The van der Waals surface area contributed by atoms with Gasteiger partial charge in [0.2, 0.25) is 5.91 Å². The van der Waals surface area contributed by atoms with E-state index in [4.69, 9.17) is 5.11 Å². The van der Waals surface area contributed by atoms with Crippen LogP contribution in [-0.2, 0) is 4.79 Å². The van der Waals surface area contributed by atoms with Crippen molar-refractivity contribution in [2.75, 3.05) is 39.3 Å². The molecule has 5 heteroatoms. The first-order valence-electron chi connectivity index (χ1n) is 5.56. The van der Waals surface area contributed by atoms with Crippen molar-refractivity contribution < 1.29 is 9.90 Å².